The Labute approximate surface area is 219 Å². The molecule has 0 aromatic heterocycles. The van der Waals surface area contributed by atoms with Crippen LogP contribution in [0.15, 0.2) is 18.2 Å². The number of halogens is 9. The van der Waals surface area contributed by atoms with Gasteiger partial charge in [0.15, 0.2) is 0 Å². The largest absolute Gasteiger partial charge is 0.434 e. The second-order valence-electron chi connectivity index (χ2n) is 10.2. The monoisotopic (exact) mass is 577 g/mol. The van der Waals surface area contributed by atoms with Crippen LogP contribution in [0.1, 0.15) is 44.1 Å². The molecular formula is C24H28ClF8N3O2. The van der Waals surface area contributed by atoms with Gasteiger partial charge in [-0.25, -0.2) is 13.6 Å². The van der Waals surface area contributed by atoms with E-state index in [1.165, 1.54) is 0 Å². The van der Waals surface area contributed by atoms with Crippen LogP contribution in [0.2, 0.25) is 5.02 Å². The molecular weight excluding hydrogens is 550 g/mol. The van der Waals surface area contributed by atoms with Gasteiger partial charge in [-0.05, 0) is 49.9 Å². The summed E-state index contributed by atoms with van der Waals surface area (Å²) in [4.78, 5) is 17.2. The molecule has 14 heteroatoms. The topological polar surface area (TPSA) is 36.0 Å². The number of anilines is 1. The minimum atomic E-state index is -5.77. The number of likely N-dealkylation sites (tertiary alicyclic amines) is 2. The van der Waals surface area contributed by atoms with Crippen molar-refractivity contribution in [2.45, 2.75) is 75.0 Å². The predicted molar refractivity (Wildman–Crippen MR) is 123 cm³/mol. The molecule has 0 aliphatic carbocycles. The summed E-state index contributed by atoms with van der Waals surface area (Å²) in [5, 5.41) is 0.472. The number of carbonyl (C=O) groups excluding carboxylic acids is 1. The highest BCUT2D eigenvalue weighted by Crippen LogP contribution is 2.42. The maximum atomic E-state index is 13.7. The van der Waals surface area contributed by atoms with E-state index in [1.54, 1.807) is 12.1 Å². The van der Waals surface area contributed by atoms with Gasteiger partial charge >= 0.3 is 18.4 Å². The van der Waals surface area contributed by atoms with Crippen molar-refractivity contribution in [3.05, 3.63) is 28.8 Å². The fourth-order valence-corrected chi connectivity index (χ4v) is 5.82. The third-order valence-corrected chi connectivity index (χ3v) is 7.99. The number of benzene rings is 1. The molecule has 0 N–H and O–H groups in total. The van der Waals surface area contributed by atoms with Crippen LogP contribution >= 0.6 is 11.6 Å². The fraction of sp³-hybridized carbons (Fsp3) is 0.708. The van der Waals surface area contributed by atoms with Crippen molar-refractivity contribution in [1.29, 1.82) is 0 Å². The molecule has 0 unspecified atom stereocenters. The van der Waals surface area contributed by atoms with Gasteiger partial charge in [0.2, 0.25) is 0 Å². The molecule has 1 aromatic carbocycles. The van der Waals surface area contributed by atoms with E-state index in [9.17, 15) is 39.9 Å². The highest BCUT2D eigenvalue weighted by Gasteiger charge is 2.60. The lowest BCUT2D eigenvalue weighted by Crippen LogP contribution is -2.54. The smallest absolute Gasteiger partial charge is 0.426 e. The second kappa shape index (κ2) is 10.5. The van der Waals surface area contributed by atoms with E-state index in [-0.39, 0.29) is 39.0 Å². The number of hydrogen-bond acceptors (Lipinski definition) is 4. The molecule has 1 aromatic rings. The number of nitrogens with zero attached hydrogens (tertiary/aromatic N) is 3. The van der Waals surface area contributed by atoms with Crippen LogP contribution in [0, 0.1) is 0 Å². The van der Waals surface area contributed by atoms with E-state index in [1.807, 2.05) is 11.0 Å². The number of rotatable bonds is 4. The van der Waals surface area contributed by atoms with Crippen LogP contribution < -0.4 is 4.90 Å². The Morgan fingerprint density at radius 3 is 2.11 bits per heavy atom. The van der Waals surface area contributed by atoms with Crippen molar-refractivity contribution >= 4 is 23.4 Å². The highest BCUT2D eigenvalue weighted by molar-refractivity contribution is 6.30. The summed E-state index contributed by atoms with van der Waals surface area (Å²) < 4.78 is 108. The summed E-state index contributed by atoms with van der Waals surface area (Å²) in [5.41, 5.74) is 1.26. The molecule has 4 rings (SSSR count). The Kier molecular flexibility index (Phi) is 8.02. The van der Waals surface area contributed by atoms with Gasteiger partial charge < -0.3 is 14.5 Å². The Morgan fingerprint density at radius 1 is 0.921 bits per heavy atom. The molecule has 3 saturated heterocycles. The van der Waals surface area contributed by atoms with E-state index in [2.05, 4.69) is 9.64 Å². The third-order valence-electron chi connectivity index (χ3n) is 7.75. The Bertz CT molecular complexity index is 987. The minimum Gasteiger partial charge on any atom is -0.426 e. The van der Waals surface area contributed by atoms with Gasteiger partial charge in [-0.1, -0.05) is 17.7 Å². The molecule has 3 fully saturated rings. The van der Waals surface area contributed by atoms with Crippen molar-refractivity contribution in [2.24, 2.45) is 0 Å². The molecule has 214 valence electrons. The summed E-state index contributed by atoms with van der Waals surface area (Å²) in [6.07, 6.45) is -15.6. The average Bonchev–Trinajstić information content (AvgIpc) is 3.19. The number of carbonyl (C=O) groups is 1. The molecule has 0 atom stereocenters. The molecule has 1 spiro atoms. The van der Waals surface area contributed by atoms with Crippen molar-refractivity contribution in [3.63, 3.8) is 0 Å². The van der Waals surface area contributed by atoms with E-state index in [0.717, 1.165) is 29.0 Å². The molecule has 3 aliphatic rings. The van der Waals surface area contributed by atoms with Crippen LogP contribution in [0.5, 0.6) is 0 Å². The summed E-state index contributed by atoms with van der Waals surface area (Å²) in [7, 11) is 0. The van der Waals surface area contributed by atoms with E-state index in [0.29, 0.717) is 31.0 Å². The van der Waals surface area contributed by atoms with Crippen molar-refractivity contribution in [1.82, 2.24) is 9.80 Å². The summed E-state index contributed by atoms with van der Waals surface area (Å²) in [5.74, 6) is -2.70. The fourth-order valence-electron chi connectivity index (χ4n) is 5.65. The van der Waals surface area contributed by atoms with Crippen LogP contribution in [0.4, 0.5) is 45.6 Å². The number of hydrogen-bond donors (Lipinski definition) is 0. The van der Waals surface area contributed by atoms with Crippen molar-refractivity contribution in [2.75, 3.05) is 37.6 Å². The normalized spacial score (nSPS) is 22.4. The highest BCUT2D eigenvalue weighted by atomic mass is 35.5. The minimum absolute atomic E-state index is 0.0492. The van der Waals surface area contributed by atoms with Crippen LogP contribution in [0.3, 0.4) is 0 Å². The predicted octanol–water partition coefficient (Wildman–Crippen LogP) is 6.64. The Hall–Kier alpha value is -2.02. The average molecular weight is 578 g/mol. The van der Waals surface area contributed by atoms with Crippen molar-refractivity contribution in [3.8, 4) is 0 Å². The summed E-state index contributed by atoms with van der Waals surface area (Å²) >= 11 is 6.21. The van der Waals surface area contributed by atoms with Gasteiger partial charge in [-0.15, -0.1) is 0 Å². The first-order valence-corrected chi connectivity index (χ1v) is 12.7. The Balaban J connectivity index is 1.43. The molecule has 0 bridgehead atoms. The lowest BCUT2D eigenvalue weighted by Gasteiger charge is -2.45. The van der Waals surface area contributed by atoms with E-state index >= 15 is 0 Å². The molecule has 0 radical (unpaired) electrons. The Morgan fingerprint density at radius 2 is 1.53 bits per heavy atom. The lowest BCUT2D eigenvalue weighted by atomic mass is 9.84. The van der Waals surface area contributed by atoms with Crippen LogP contribution in [-0.4, -0.2) is 78.5 Å². The standard InChI is InChI=1S/C24H28ClF8N3O2/c25-17-3-2-16(18(14-17)34-12-7-22(26,27)8-13-34)15-36-9-1-4-21(36)5-10-35(11-6-21)20(37)38-19(23(28,29)30)24(31,32)33/h2-3,14,19H,1,4-13,15H2. The number of piperidine rings is 2. The third kappa shape index (κ3) is 6.40. The number of ether oxygens (including phenoxy) is 1. The van der Waals surface area contributed by atoms with E-state index < -0.39 is 36.0 Å². The SMILES string of the molecule is O=C(OC(C(F)(F)F)C(F)(F)F)N1CCC2(CCCN2Cc2ccc(Cl)cc2N2CCC(F)(F)CC2)CC1. The zero-order chi connectivity index (χ0) is 27.9. The summed E-state index contributed by atoms with van der Waals surface area (Å²) in [6.45, 7) is 1.43. The van der Waals surface area contributed by atoms with Gasteiger partial charge in [-0.3, -0.25) is 4.90 Å². The van der Waals surface area contributed by atoms with Crippen LogP contribution in [-0.2, 0) is 11.3 Å². The second-order valence-corrected chi connectivity index (χ2v) is 10.6. The maximum absolute atomic E-state index is 13.7. The quantitative estimate of drug-likeness (QED) is 0.376. The lowest BCUT2D eigenvalue weighted by molar-refractivity contribution is -0.308. The van der Waals surface area contributed by atoms with Gasteiger partial charge in [0.05, 0.1) is 0 Å². The maximum Gasteiger partial charge on any atom is 0.434 e. The molecule has 38 heavy (non-hydrogen) atoms. The van der Waals surface area contributed by atoms with E-state index in [4.69, 9.17) is 11.6 Å². The van der Waals surface area contributed by atoms with Gasteiger partial charge in [0, 0.05) is 61.8 Å². The molecule has 1 amide bonds. The zero-order valence-corrected chi connectivity index (χ0v) is 21.1. The molecule has 5 nitrogen and oxygen atoms in total. The van der Waals surface area contributed by atoms with Crippen molar-refractivity contribution < 1.29 is 44.7 Å². The number of alkyl halides is 8. The summed E-state index contributed by atoms with van der Waals surface area (Å²) in [6, 6.07) is 5.31. The zero-order valence-electron chi connectivity index (χ0n) is 20.4. The molecule has 3 aliphatic heterocycles. The number of amides is 1. The first-order chi connectivity index (χ1) is 17.6. The first kappa shape index (κ1) is 29.0. The van der Waals surface area contributed by atoms with Gasteiger partial charge in [-0.2, -0.15) is 26.3 Å². The van der Waals surface area contributed by atoms with Gasteiger partial charge in [0.1, 0.15) is 0 Å². The van der Waals surface area contributed by atoms with Gasteiger partial charge in [0.25, 0.3) is 12.0 Å². The molecule has 0 saturated carbocycles. The molecule has 3 heterocycles. The first-order valence-electron chi connectivity index (χ1n) is 12.3. The van der Waals surface area contributed by atoms with Crippen LogP contribution in [0.25, 0.3) is 0 Å².